The minimum Gasteiger partial charge on any atom is -0.441 e. The number of nitrogens with zero attached hydrogens (tertiary/aromatic N) is 4. The summed E-state index contributed by atoms with van der Waals surface area (Å²) in [4.78, 5) is 6.80. The molecule has 0 bridgehead atoms. The number of rotatable bonds is 5. The van der Waals surface area contributed by atoms with E-state index in [-0.39, 0.29) is 0 Å². The lowest BCUT2D eigenvalue weighted by atomic mass is 10.2. The van der Waals surface area contributed by atoms with Crippen LogP contribution in [0.4, 0.5) is 0 Å². The molecule has 3 aromatic rings. The number of hydrogen-bond acceptors (Lipinski definition) is 4. The van der Waals surface area contributed by atoms with Crippen LogP contribution in [0.5, 0.6) is 0 Å². The van der Waals surface area contributed by atoms with Crippen LogP contribution in [-0.2, 0) is 20.1 Å². The molecule has 2 heterocycles. The Kier molecular flexibility index (Phi) is 4.50. The lowest BCUT2D eigenvalue weighted by Crippen LogP contribution is -2.17. The van der Waals surface area contributed by atoms with E-state index < -0.39 is 0 Å². The Hall–Kier alpha value is -2.11. The van der Waals surface area contributed by atoms with Crippen LogP contribution in [0.15, 0.2) is 41.1 Å². The van der Waals surface area contributed by atoms with Gasteiger partial charge in [-0.2, -0.15) is 5.10 Å². The maximum atomic E-state index is 6.03. The third-order valence-electron chi connectivity index (χ3n) is 3.59. The van der Waals surface area contributed by atoms with Gasteiger partial charge in [-0.1, -0.05) is 17.7 Å². The Morgan fingerprint density at radius 1 is 1.30 bits per heavy atom. The number of halogens is 1. The van der Waals surface area contributed by atoms with E-state index in [9.17, 15) is 0 Å². The van der Waals surface area contributed by atoms with Gasteiger partial charge in [-0.05, 0) is 32.2 Å². The quantitative estimate of drug-likeness (QED) is 0.716. The smallest absolute Gasteiger partial charge is 0.226 e. The highest BCUT2D eigenvalue weighted by atomic mass is 35.5. The summed E-state index contributed by atoms with van der Waals surface area (Å²) in [7, 11) is 3.97. The minimum atomic E-state index is 0.606. The Morgan fingerprint density at radius 3 is 2.83 bits per heavy atom. The van der Waals surface area contributed by atoms with E-state index in [2.05, 4.69) is 22.0 Å². The van der Waals surface area contributed by atoms with E-state index in [4.69, 9.17) is 16.0 Å². The summed E-state index contributed by atoms with van der Waals surface area (Å²) in [6.07, 6.45) is 3.90. The molecule has 120 valence electrons. The highest BCUT2D eigenvalue weighted by Crippen LogP contribution is 2.24. The second-order valence-electron chi connectivity index (χ2n) is 5.73. The SMILES string of the molecule is Cc1oc(-c2cccc(Cl)c2)nc1CN(C)Cc1cnn(C)c1. The lowest BCUT2D eigenvalue weighted by molar-refractivity contribution is 0.313. The van der Waals surface area contributed by atoms with Crippen molar-refractivity contribution in [1.29, 1.82) is 0 Å². The van der Waals surface area contributed by atoms with Crippen LogP contribution in [0.25, 0.3) is 11.5 Å². The molecular formula is C17H19ClN4O. The molecule has 0 saturated carbocycles. The second-order valence-corrected chi connectivity index (χ2v) is 6.16. The summed E-state index contributed by atoms with van der Waals surface area (Å²) < 4.78 is 7.61. The van der Waals surface area contributed by atoms with Crippen LogP contribution < -0.4 is 0 Å². The number of aromatic nitrogens is 3. The first-order valence-corrected chi connectivity index (χ1v) is 7.77. The molecule has 0 N–H and O–H groups in total. The predicted molar refractivity (Wildman–Crippen MR) is 90.1 cm³/mol. The molecule has 0 unspecified atom stereocenters. The van der Waals surface area contributed by atoms with Gasteiger partial charge in [0.25, 0.3) is 0 Å². The number of hydrogen-bond donors (Lipinski definition) is 0. The monoisotopic (exact) mass is 330 g/mol. The largest absolute Gasteiger partial charge is 0.441 e. The number of benzene rings is 1. The first-order chi connectivity index (χ1) is 11.0. The van der Waals surface area contributed by atoms with Crippen LogP contribution in [0.1, 0.15) is 17.0 Å². The van der Waals surface area contributed by atoms with E-state index in [0.29, 0.717) is 17.5 Å². The molecule has 23 heavy (non-hydrogen) atoms. The van der Waals surface area contributed by atoms with Gasteiger partial charge in [0.1, 0.15) is 5.76 Å². The standard InChI is InChI=1S/C17H19ClN4O/c1-12-16(11-21(2)9-13-8-19-22(3)10-13)20-17(23-12)14-5-4-6-15(18)7-14/h4-8,10H,9,11H2,1-3H3. The third kappa shape index (κ3) is 3.81. The molecule has 3 rings (SSSR count). The summed E-state index contributed by atoms with van der Waals surface area (Å²) in [5, 5.41) is 4.86. The number of aryl methyl sites for hydroxylation is 2. The van der Waals surface area contributed by atoms with Crippen molar-refractivity contribution in [2.24, 2.45) is 7.05 Å². The lowest BCUT2D eigenvalue weighted by Gasteiger charge is -2.13. The van der Waals surface area contributed by atoms with Gasteiger partial charge in [0, 0.05) is 42.5 Å². The van der Waals surface area contributed by atoms with Gasteiger partial charge in [0.2, 0.25) is 5.89 Å². The molecule has 0 aliphatic carbocycles. The van der Waals surface area contributed by atoms with Crippen molar-refractivity contribution < 1.29 is 4.42 Å². The average molecular weight is 331 g/mol. The summed E-state index contributed by atoms with van der Waals surface area (Å²) >= 11 is 6.03. The Bertz CT molecular complexity index is 809. The van der Waals surface area contributed by atoms with Gasteiger partial charge >= 0.3 is 0 Å². The van der Waals surface area contributed by atoms with E-state index in [1.807, 2.05) is 55.3 Å². The fourth-order valence-corrected chi connectivity index (χ4v) is 2.69. The van der Waals surface area contributed by atoms with Gasteiger partial charge < -0.3 is 4.42 Å². The summed E-state index contributed by atoms with van der Waals surface area (Å²) in [6, 6.07) is 7.53. The van der Waals surface area contributed by atoms with E-state index in [1.165, 1.54) is 5.56 Å². The van der Waals surface area contributed by atoms with Crippen molar-refractivity contribution in [3.05, 3.63) is 58.7 Å². The van der Waals surface area contributed by atoms with Crippen LogP contribution in [0.2, 0.25) is 5.02 Å². The topological polar surface area (TPSA) is 47.1 Å². The van der Waals surface area contributed by atoms with Crippen molar-refractivity contribution in [1.82, 2.24) is 19.7 Å². The normalized spacial score (nSPS) is 11.3. The maximum Gasteiger partial charge on any atom is 0.226 e. The molecule has 0 saturated heterocycles. The van der Waals surface area contributed by atoms with Gasteiger partial charge in [-0.25, -0.2) is 4.98 Å². The average Bonchev–Trinajstić information content (AvgIpc) is 3.06. The molecule has 5 nitrogen and oxygen atoms in total. The molecular weight excluding hydrogens is 312 g/mol. The molecule has 2 aromatic heterocycles. The highest BCUT2D eigenvalue weighted by molar-refractivity contribution is 6.30. The van der Waals surface area contributed by atoms with Crippen molar-refractivity contribution in [2.45, 2.75) is 20.0 Å². The molecule has 6 heteroatoms. The zero-order valence-electron chi connectivity index (χ0n) is 13.5. The Labute approximate surface area is 140 Å². The molecule has 0 atom stereocenters. The third-order valence-corrected chi connectivity index (χ3v) is 3.83. The fraction of sp³-hybridized carbons (Fsp3) is 0.294. The first kappa shape index (κ1) is 15.8. The van der Waals surface area contributed by atoms with Crippen molar-refractivity contribution in [2.75, 3.05) is 7.05 Å². The zero-order chi connectivity index (χ0) is 16.4. The Balaban J connectivity index is 1.73. The van der Waals surface area contributed by atoms with Crippen LogP contribution in [-0.4, -0.2) is 26.7 Å². The minimum absolute atomic E-state index is 0.606. The molecule has 1 aromatic carbocycles. The summed E-state index contributed by atoms with van der Waals surface area (Å²) in [5.74, 6) is 1.44. The van der Waals surface area contributed by atoms with Gasteiger partial charge in [-0.3, -0.25) is 9.58 Å². The molecule has 0 aliphatic rings. The van der Waals surface area contributed by atoms with Gasteiger partial charge in [-0.15, -0.1) is 0 Å². The Morgan fingerprint density at radius 2 is 2.13 bits per heavy atom. The highest BCUT2D eigenvalue weighted by Gasteiger charge is 2.14. The first-order valence-electron chi connectivity index (χ1n) is 7.39. The predicted octanol–water partition coefficient (Wildman–Crippen LogP) is 3.67. The van der Waals surface area contributed by atoms with Crippen molar-refractivity contribution in [3.8, 4) is 11.5 Å². The zero-order valence-corrected chi connectivity index (χ0v) is 14.2. The molecule has 0 amide bonds. The molecule has 0 spiro atoms. The van der Waals surface area contributed by atoms with Crippen molar-refractivity contribution >= 4 is 11.6 Å². The van der Waals surface area contributed by atoms with E-state index in [1.54, 1.807) is 0 Å². The second kappa shape index (κ2) is 6.56. The van der Waals surface area contributed by atoms with Crippen LogP contribution in [0.3, 0.4) is 0 Å². The summed E-state index contributed by atoms with van der Waals surface area (Å²) in [5.41, 5.74) is 3.00. The molecule has 0 fully saturated rings. The molecule has 0 radical (unpaired) electrons. The van der Waals surface area contributed by atoms with E-state index in [0.717, 1.165) is 23.6 Å². The van der Waals surface area contributed by atoms with Crippen LogP contribution in [0, 0.1) is 6.92 Å². The van der Waals surface area contributed by atoms with Gasteiger partial charge in [0.15, 0.2) is 0 Å². The van der Waals surface area contributed by atoms with Crippen LogP contribution >= 0.6 is 11.6 Å². The van der Waals surface area contributed by atoms with E-state index >= 15 is 0 Å². The summed E-state index contributed by atoms with van der Waals surface area (Å²) in [6.45, 7) is 3.46. The fourth-order valence-electron chi connectivity index (χ4n) is 2.50. The van der Waals surface area contributed by atoms with Gasteiger partial charge in [0.05, 0.1) is 11.9 Å². The molecule has 0 aliphatic heterocycles. The maximum absolute atomic E-state index is 6.03. The van der Waals surface area contributed by atoms with Crippen molar-refractivity contribution in [3.63, 3.8) is 0 Å². The number of oxazole rings is 1.